The van der Waals surface area contributed by atoms with E-state index in [1.54, 1.807) is 11.1 Å². The fraction of sp³-hybridized carbons (Fsp3) is 0.667. The first-order valence-corrected chi connectivity index (χ1v) is 8.40. The Kier molecular flexibility index (Phi) is 2.40. The van der Waals surface area contributed by atoms with Crippen molar-refractivity contribution in [3.05, 3.63) is 35.4 Å². The minimum Gasteiger partial charge on any atom is -0.271 e. The maximum absolute atomic E-state index is 5.93. The lowest BCUT2D eigenvalue weighted by atomic mass is 9.73. The Balaban J connectivity index is 1.30. The zero-order valence-corrected chi connectivity index (χ0v) is 12.0. The number of fused-ring (bicyclic) bond motifs is 6. The van der Waals surface area contributed by atoms with E-state index in [1.165, 1.54) is 32.1 Å². The highest BCUT2D eigenvalue weighted by molar-refractivity contribution is 5.40. The van der Waals surface area contributed by atoms with Crippen molar-refractivity contribution >= 4 is 0 Å². The zero-order valence-electron chi connectivity index (χ0n) is 12.0. The summed E-state index contributed by atoms with van der Waals surface area (Å²) in [6, 6.07) is 9.50. The van der Waals surface area contributed by atoms with Gasteiger partial charge in [0.1, 0.15) is 0 Å². The molecule has 0 saturated heterocycles. The second-order valence-corrected chi connectivity index (χ2v) is 7.67. The average molecular weight is 268 g/mol. The molecule has 3 saturated carbocycles. The molecule has 0 spiro atoms. The summed E-state index contributed by atoms with van der Waals surface area (Å²) in [6.07, 6.45) is 7.07. The molecular formula is C18H24N2. The molecule has 3 fully saturated rings. The molecule has 0 radical (unpaired) electrons. The van der Waals surface area contributed by atoms with Gasteiger partial charge in [-0.25, -0.2) is 0 Å². The molecule has 20 heavy (non-hydrogen) atoms. The molecule has 0 heterocycles. The van der Waals surface area contributed by atoms with Crippen molar-refractivity contribution in [3.63, 3.8) is 0 Å². The molecule has 4 aliphatic carbocycles. The first-order chi connectivity index (χ1) is 9.86. The third-order valence-corrected chi connectivity index (χ3v) is 6.97. The quantitative estimate of drug-likeness (QED) is 0.651. The van der Waals surface area contributed by atoms with Crippen molar-refractivity contribution in [2.75, 3.05) is 0 Å². The van der Waals surface area contributed by atoms with Crippen molar-refractivity contribution in [1.82, 2.24) is 5.43 Å². The van der Waals surface area contributed by atoms with Gasteiger partial charge < -0.3 is 0 Å². The van der Waals surface area contributed by atoms with Crippen molar-refractivity contribution in [1.29, 1.82) is 0 Å². The number of nitrogens with two attached hydrogens (primary N) is 1. The lowest BCUT2D eigenvalue weighted by Crippen LogP contribution is -2.41. The second kappa shape index (κ2) is 4.08. The van der Waals surface area contributed by atoms with Crippen LogP contribution in [-0.4, -0.2) is 6.04 Å². The smallest absolute Gasteiger partial charge is 0.0250 e. The normalized spacial score (nSPS) is 44.6. The Labute approximate surface area is 121 Å². The van der Waals surface area contributed by atoms with E-state index in [1.807, 2.05) is 0 Å². The van der Waals surface area contributed by atoms with Crippen LogP contribution in [0.3, 0.4) is 0 Å². The Morgan fingerprint density at radius 2 is 1.90 bits per heavy atom. The van der Waals surface area contributed by atoms with Crippen LogP contribution in [-0.2, 0) is 6.42 Å². The highest BCUT2D eigenvalue weighted by Gasteiger charge is 2.66. The maximum Gasteiger partial charge on any atom is 0.0250 e. The van der Waals surface area contributed by atoms with Crippen molar-refractivity contribution in [2.24, 2.45) is 35.4 Å². The van der Waals surface area contributed by atoms with Crippen molar-refractivity contribution < 1.29 is 0 Å². The van der Waals surface area contributed by atoms with Gasteiger partial charge in [-0.15, -0.1) is 0 Å². The predicted molar refractivity (Wildman–Crippen MR) is 79.9 cm³/mol. The van der Waals surface area contributed by atoms with E-state index in [2.05, 4.69) is 29.7 Å². The van der Waals surface area contributed by atoms with Gasteiger partial charge in [0, 0.05) is 6.04 Å². The third kappa shape index (κ3) is 1.47. The Morgan fingerprint density at radius 3 is 2.60 bits per heavy atom. The molecule has 4 aliphatic rings. The first-order valence-electron chi connectivity index (χ1n) is 8.40. The second-order valence-electron chi connectivity index (χ2n) is 7.67. The van der Waals surface area contributed by atoms with Gasteiger partial charge in [0.05, 0.1) is 0 Å². The van der Waals surface area contributed by atoms with Crippen LogP contribution in [0.5, 0.6) is 0 Å². The van der Waals surface area contributed by atoms with Crippen LogP contribution in [0.4, 0.5) is 0 Å². The number of hydrogen-bond donors (Lipinski definition) is 2. The van der Waals surface area contributed by atoms with Crippen LogP contribution in [0.2, 0.25) is 0 Å². The summed E-state index contributed by atoms with van der Waals surface area (Å²) in [5.41, 5.74) is 6.34. The Hall–Kier alpha value is -0.860. The van der Waals surface area contributed by atoms with Crippen LogP contribution in [0.15, 0.2) is 24.3 Å². The molecule has 0 aromatic heterocycles. The van der Waals surface area contributed by atoms with Crippen LogP contribution in [0.25, 0.3) is 0 Å². The lowest BCUT2D eigenvalue weighted by Gasteiger charge is -2.33. The van der Waals surface area contributed by atoms with Gasteiger partial charge in [0.2, 0.25) is 0 Å². The van der Waals surface area contributed by atoms with E-state index in [4.69, 9.17) is 5.84 Å². The Bertz CT molecular complexity index is 524. The van der Waals surface area contributed by atoms with Crippen molar-refractivity contribution in [2.45, 2.75) is 44.1 Å². The summed E-state index contributed by atoms with van der Waals surface area (Å²) in [7, 11) is 0. The van der Waals surface area contributed by atoms with Crippen LogP contribution >= 0.6 is 0 Å². The van der Waals surface area contributed by atoms with E-state index in [-0.39, 0.29) is 0 Å². The minimum absolute atomic E-state index is 0.562. The van der Waals surface area contributed by atoms with E-state index in [0.29, 0.717) is 6.04 Å². The zero-order chi connectivity index (χ0) is 13.3. The molecule has 106 valence electrons. The van der Waals surface area contributed by atoms with Gasteiger partial charge in [-0.3, -0.25) is 11.3 Å². The Morgan fingerprint density at radius 1 is 1.15 bits per heavy atom. The van der Waals surface area contributed by atoms with Gasteiger partial charge >= 0.3 is 0 Å². The van der Waals surface area contributed by atoms with Gasteiger partial charge in [-0.2, -0.15) is 0 Å². The predicted octanol–water partition coefficient (Wildman–Crippen LogP) is 2.84. The highest BCUT2D eigenvalue weighted by Crippen LogP contribution is 2.70. The molecule has 5 rings (SSSR count). The number of hydrazine groups is 1. The van der Waals surface area contributed by atoms with Crippen LogP contribution < -0.4 is 11.3 Å². The minimum atomic E-state index is 0.562. The molecule has 2 heteroatoms. The van der Waals surface area contributed by atoms with E-state index >= 15 is 0 Å². The summed E-state index contributed by atoms with van der Waals surface area (Å²) >= 11 is 0. The van der Waals surface area contributed by atoms with Crippen LogP contribution in [0.1, 0.15) is 42.7 Å². The monoisotopic (exact) mass is 268 g/mol. The number of nitrogens with one attached hydrogen (secondary N) is 1. The lowest BCUT2D eigenvalue weighted by molar-refractivity contribution is 0.326. The van der Waals surface area contributed by atoms with Crippen LogP contribution in [0, 0.1) is 29.6 Å². The molecule has 1 aromatic carbocycles. The molecule has 6 unspecified atom stereocenters. The topological polar surface area (TPSA) is 38.0 Å². The summed E-state index contributed by atoms with van der Waals surface area (Å²) in [5, 5.41) is 0. The average Bonchev–Trinajstić information content (AvgIpc) is 2.88. The van der Waals surface area contributed by atoms with E-state index in [0.717, 1.165) is 35.5 Å². The molecule has 2 bridgehead atoms. The molecule has 1 aromatic rings. The molecule has 2 nitrogen and oxygen atoms in total. The number of hydrogen-bond acceptors (Lipinski definition) is 2. The number of rotatable bonds is 4. The molecular weight excluding hydrogens is 244 g/mol. The highest BCUT2D eigenvalue weighted by atomic mass is 15.2. The molecule has 0 amide bonds. The fourth-order valence-electron chi connectivity index (χ4n) is 6.15. The first kappa shape index (κ1) is 11.8. The van der Waals surface area contributed by atoms with Gasteiger partial charge in [0.25, 0.3) is 0 Å². The summed E-state index contributed by atoms with van der Waals surface area (Å²) < 4.78 is 0. The third-order valence-electron chi connectivity index (χ3n) is 6.97. The summed E-state index contributed by atoms with van der Waals surface area (Å²) in [4.78, 5) is 0. The van der Waals surface area contributed by atoms with E-state index in [9.17, 15) is 0 Å². The fourth-order valence-corrected chi connectivity index (χ4v) is 6.15. The number of benzene rings is 1. The summed E-state index contributed by atoms with van der Waals surface area (Å²) in [6.45, 7) is 0. The standard InChI is InChI=1S/C18H24N2/c19-20-15(9-13-7-10-3-1-2-4-14(10)13)18-16-11-5-6-12(8-11)17(16)18/h1-4,11-13,15-18,20H,5-9,19H2. The van der Waals surface area contributed by atoms with Gasteiger partial charge in [0.15, 0.2) is 0 Å². The SMILES string of the molecule is NNC(CC1Cc2ccccc21)C1C2C3CCC(C3)C21. The summed E-state index contributed by atoms with van der Waals surface area (Å²) in [5.74, 6) is 11.8. The molecule has 6 atom stereocenters. The molecule has 0 aliphatic heterocycles. The van der Waals surface area contributed by atoms with Crippen molar-refractivity contribution in [3.8, 4) is 0 Å². The molecule has 3 N–H and O–H groups in total. The van der Waals surface area contributed by atoms with Gasteiger partial charge in [-0.05, 0) is 78.7 Å². The van der Waals surface area contributed by atoms with Gasteiger partial charge in [-0.1, -0.05) is 24.3 Å². The van der Waals surface area contributed by atoms with E-state index < -0.39 is 0 Å². The largest absolute Gasteiger partial charge is 0.271 e. The maximum atomic E-state index is 5.93.